The van der Waals surface area contributed by atoms with E-state index in [1.54, 1.807) is 6.92 Å². The molecule has 0 saturated carbocycles. The normalized spacial score (nSPS) is 24.9. The average molecular weight is 430 g/mol. The molecule has 0 unspecified atom stereocenters. The van der Waals surface area contributed by atoms with Crippen molar-refractivity contribution in [1.29, 1.82) is 0 Å². The van der Waals surface area contributed by atoms with Crippen LogP contribution >= 0.6 is 0 Å². The van der Waals surface area contributed by atoms with E-state index >= 15 is 0 Å². The lowest BCUT2D eigenvalue weighted by molar-refractivity contribution is -0.204. The smallest absolute Gasteiger partial charge is 0.308 e. The first-order valence-corrected chi connectivity index (χ1v) is 9.70. The molecule has 0 aromatic heterocycles. The number of benzene rings is 1. The Morgan fingerprint density at radius 3 is 2.19 bits per heavy atom. The Kier molecular flexibility index (Phi) is 6.35. The Morgan fingerprint density at radius 2 is 1.58 bits per heavy atom. The maximum Gasteiger partial charge on any atom is 0.308 e. The van der Waals surface area contributed by atoms with Crippen LogP contribution in [-0.4, -0.2) is 47.8 Å². The van der Waals surface area contributed by atoms with Crippen molar-refractivity contribution in [3.05, 3.63) is 41.0 Å². The average Bonchev–Trinajstić information content (AvgIpc) is 2.66. The van der Waals surface area contributed by atoms with Crippen molar-refractivity contribution in [2.45, 2.75) is 58.5 Å². The predicted octanol–water partition coefficient (Wildman–Crippen LogP) is 2.26. The first kappa shape index (κ1) is 22.4. The van der Waals surface area contributed by atoms with E-state index in [9.17, 15) is 24.0 Å². The summed E-state index contributed by atoms with van der Waals surface area (Å²) in [5.41, 5.74) is 0.434. The van der Waals surface area contributed by atoms with Crippen molar-refractivity contribution >= 4 is 29.5 Å². The number of ether oxygens (including phenoxy) is 4. The molecule has 0 amide bonds. The van der Waals surface area contributed by atoms with Gasteiger partial charge in [0, 0.05) is 38.3 Å². The minimum atomic E-state index is -0.835. The molecule has 1 aromatic rings. The number of esters is 3. The molecule has 4 atom stereocenters. The second-order valence-electron chi connectivity index (χ2n) is 7.35. The van der Waals surface area contributed by atoms with Crippen molar-refractivity contribution < 1.29 is 42.9 Å². The van der Waals surface area contributed by atoms with Crippen molar-refractivity contribution in [2.24, 2.45) is 0 Å². The van der Waals surface area contributed by atoms with Crippen LogP contribution in [0.1, 0.15) is 66.5 Å². The highest BCUT2D eigenvalue weighted by Crippen LogP contribution is 2.42. The molecular formula is C22H22O9. The van der Waals surface area contributed by atoms with Crippen LogP contribution in [0.2, 0.25) is 0 Å². The number of ketones is 2. The van der Waals surface area contributed by atoms with E-state index in [-0.39, 0.29) is 29.1 Å². The molecule has 0 bridgehead atoms. The fourth-order valence-corrected chi connectivity index (χ4v) is 3.81. The van der Waals surface area contributed by atoms with Gasteiger partial charge >= 0.3 is 17.9 Å². The largest absolute Gasteiger partial charge is 0.458 e. The zero-order valence-corrected chi connectivity index (χ0v) is 17.5. The Morgan fingerprint density at radius 1 is 0.935 bits per heavy atom. The summed E-state index contributed by atoms with van der Waals surface area (Å²) in [4.78, 5) is 59.6. The van der Waals surface area contributed by atoms with Gasteiger partial charge in [-0.25, -0.2) is 0 Å². The van der Waals surface area contributed by atoms with E-state index in [0.717, 1.165) is 12.2 Å². The molecule has 0 N–H and O–H groups in total. The fourth-order valence-electron chi connectivity index (χ4n) is 3.81. The first-order valence-electron chi connectivity index (χ1n) is 9.70. The minimum Gasteiger partial charge on any atom is -0.458 e. The quantitative estimate of drug-likeness (QED) is 0.523. The number of carbonyl (C=O) groups excluding carboxylic acids is 5. The SMILES string of the molecule is CC(=O)Oc1c([C@H]2C[C@H](OC(C)=O)[C@H](OC(C)=O)[C@@H](C)O2)ccc2c1C(=O)C=CC2=O. The third-order valence-electron chi connectivity index (χ3n) is 4.95. The van der Waals surface area contributed by atoms with E-state index in [1.807, 2.05) is 0 Å². The van der Waals surface area contributed by atoms with Gasteiger partial charge < -0.3 is 18.9 Å². The van der Waals surface area contributed by atoms with Gasteiger partial charge in [-0.1, -0.05) is 6.07 Å². The number of allylic oxidation sites excluding steroid dienone is 2. The molecule has 2 aliphatic rings. The summed E-state index contributed by atoms with van der Waals surface area (Å²) in [6, 6.07) is 3.00. The van der Waals surface area contributed by atoms with E-state index in [4.69, 9.17) is 18.9 Å². The van der Waals surface area contributed by atoms with Crippen LogP contribution in [0.15, 0.2) is 24.3 Å². The lowest BCUT2D eigenvalue weighted by Gasteiger charge is -2.39. The molecule has 1 saturated heterocycles. The van der Waals surface area contributed by atoms with Crippen LogP contribution in [0.4, 0.5) is 0 Å². The second kappa shape index (κ2) is 8.81. The Balaban J connectivity index is 2.05. The van der Waals surface area contributed by atoms with Crippen molar-refractivity contribution in [3.8, 4) is 5.75 Å². The van der Waals surface area contributed by atoms with E-state index in [2.05, 4.69) is 0 Å². The summed E-state index contributed by atoms with van der Waals surface area (Å²) in [7, 11) is 0. The van der Waals surface area contributed by atoms with Gasteiger partial charge in [-0.15, -0.1) is 0 Å². The number of hydrogen-bond acceptors (Lipinski definition) is 9. The highest BCUT2D eigenvalue weighted by atomic mass is 16.6. The third kappa shape index (κ3) is 4.72. The molecule has 31 heavy (non-hydrogen) atoms. The number of hydrogen-bond donors (Lipinski definition) is 0. The van der Waals surface area contributed by atoms with Gasteiger partial charge in [0.1, 0.15) is 11.9 Å². The summed E-state index contributed by atoms with van der Waals surface area (Å²) in [6.07, 6.45) is -0.754. The predicted molar refractivity (Wildman–Crippen MR) is 105 cm³/mol. The molecular weight excluding hydrogens is 408 g/mol. The Labute approximate surface area is 178 Å². The van der Waals surface area contributed by atoms with E-state index < -0.39 is 48.1 Å². The van der Waals surface area contributed by atoms with Crippen LogP contribution in [0.25, 0.3) is 0 Å². The zero-order valence-electron chi connectivity index (χ0n) is 17.5. The molecule has 0 spiro atoms. The first-order chi connectivity index (χ1) is 14.6. The summed E-state index contributed by atoms with van der Waals surface area (Å²) < 4.78 is 22.0. The maximum absolute atomic E-state index is 12.5. The fraction of sp³-hybridized carbons (Fsp3) is 0.409. The highest BCUT2D eigenvalue weighted by molar-refractivity contribution is 6.23. The molecule has 9 nitrogen and oxygen atoms in total. The number of rotatable bonds is 4. The van der Waals surface area contributed by atoms with Gasteiger partial charge in [0.2, 0.25) is 0 Å². The molecule has 1 fully saturated rings. The standard InChI is InChI=1S/C22H22O9/c1-10-21(30-12(3)24)19(29-11(2)23)9-18(28-10)15-6-5-14-16(26)7-8-17(27)20(14)22(15)31-13(4)25/h5-8,10,18-19,21H,9H2,1-4H3/t10-,18-,19+,21-/m1/s1. The third-order valence-corrected chi connectivity index (χ3v) is 4.95. The van der Waals surface area contributed by atoms with Gasteiger partial charge in [-0.05, 0) is 25.1 Å². The van der Waals surface area contributed by atoms with Crippen LogP contribution < -0.4 is 4.74 Å². The molecule has 0 radical (unpaired) electrons. The topological polar surface area (TPSA) is 122 Å². The van der Waals surface area contributed by atoms with Crippen molar-refractivity contribution in [3.63, 3.8) is 0 Å². The molecule has 9 heteroatoms. The van der Waals surface area contributed by atoms with Gasteiger partial charge in [0.25, 0.3) is 0 Å². The molecule has 1 aliphatic carbocycles. The number of fused-ring (bicyclic) bond motifs is 1. The van der Waals surface area contributed by atoms with E-state index in [0.29, 0.717) is 5.56 Å². The van der Waals surface area contributed by atoms with Crippen molar-refractivity contribution in [2.75, 3.05) is 0 Å². The summed E-state index contributed by atoms with van der Waals surface area (Å²) >= 11 is 0. The maximum atomic E-state index is 12.5. The number of carbonyl (C=O) groups is 5. The summed E-state index contributed by atoms with van der Waals surface area (Å²) in [5, 5.41) is 0. The Hall–Kier alpha value is -3.33. The van der Waals surface area contributed by atoms with Crippen LogP contribution in [0, 0.1) is 0 Å². The van der Waals surface area contributed by atoms with E-state index in [1.165, 1.54) is 32.9 Å². The molecule has 164 valence electrons. The lowest BCUT2D eigenvalue weighted by Crippen LogP contribution is -2.48. The van der Waals surface area contributed by atoms with Gasteiger partial charge in [-0.2, -0.15) is 0 Å². The van der Waals surface area contributed by atoms with Crippen molar-refractivity contribution in [1.82, 2.24) is 0 Å². The second-order valence-corrected chi connectivity index (χ2v) is 7.35. The lowest BCUT2D eigenvalue weighted by atomic mass is 9.87. The van der Waals surface area contributed by atoms with Crippen LogP contribution in [0.5, 0.6) is 5.75 Å². The van der Waals surface area contributed by atoms with Gasteiger partial charge in [-0.3, -0.25) is 24.0 Å². The zero-order chi connectivity index (χ0) is 22.9. The highest BCUT2D eigenvalue weighted by Gasteiger charge is 2.43. The summed E-state index contributed by atoms with van der Waals surface area (Å²) in [6.45, 7) is 5.30. The molecule has 1 aromatic carbocycles. The van der Waals surface area contributed by atoms with Crippen LogP contribution in [-0.2, 0) is 28.6 Å². The molecule has 3 rings (SSSR count). The minimum absolute atomic E-state index is 0.0254. The van der Waals surface area contributed by atoms with Crippen LogP contribution in [0.3, 0.4) is 0 Å². The monoisotopic (exact) mass is 430 g/mol. The molecule has 1 aliphatic heterocycles. The molecule has 1 heterocycles. The Bertz CT molecular complexity index is 991. The van der Waals surface area contributed by atoms with Gasteiger partial charge in [0.15, 0.2) is 17.7 Å². The summed E-state index contributed by atoms with van der Waals surface area (Å²) in [5.74, 6) is -2.74. The van der Waals surface area contributed by atoms with Gasteiger partial charge in [0.05, 0.1) is 17.8 Å².